The monoisotopic (exact) mass is 254 g/mol. The highest BCUT2D eigenvalue weighted by Crippen LogP contribution is 2.24. The van der Waals surface area contributed by atoms with E-state index >= 15 is 0 Å². The lowest BCUT2D eigenvalue weighted by molar-refractivity contribution is -0.147. The zero-order chi connectivity index (χ0) is 13.7. The molecule has 0 aromatic heterocycles. The number of benzene rings is 1. The van der Waals surface area contributed by atoms with Crippen LogP contribution in [0.5, 0.6) is 5.75 Å². The molecule has 2 unspecified atom stereocenters. The van der Waals surface area contributed by atoms with Crippen LogP contribution in [0.3, 0.4) is 0 Å². The van der Waals surface area contributed by atoms with Gasteiger partial charge in [0.05, 0.1) is 19.1 Å². The number of phenolic OH excluding ortho intramolecular Hbond substituents is 1. The Balaban J connectivity index is 2.70. The van der Waals surface area contributed by atoms with Crippen LogP contribution in [0.25, 0.3) is 0 Å². The molecule has 5 nitrogen and oxygen atoms in total. The average Bonchev–Trinajstić information content (AvgIpc) is 2.32. The van der Waals surface area contributed by atoms with E-state index in [9.17, 15) is 20.1 Å². The Morgan fingerprint density at radius 3 is 2.61 bits per heavy atom. The fourth-order valence-electron chi connectivity index (χ4n) is 1.59. The summed E-state index contributed by atoms with van der Waals surface area (Å²) in [6.45, 7) is 3.59. The molecule has 0 saturated heterocycles. The van der Waals surface area contributed by atoms with Gasteiger partial charge in [0, 0.05) is 0 Å². The Morgan fingerprint density at radius 2 is 2.06 bits per heavy atom. The van der Waals surface area contributed by atoms with Crippen molar-refractivity contribution in [2.75, 3.05) is 6.61 Å². The zero-order valence-electron chi connectivity index (χ0n) is 10.5. The van der Waals surface area contributed by atoms with E-state index in [0.29, 0.717) is 11.1 Å². The van der Waals surface area contributed by atoms with Crippen LogP contribution >= 0.6 is 0 Å². The molecule has 0 saturated carbocycles. The number of hydrogen-bond donors (Lipinski definition) is 3. The second-order valence-electron chi connectivity index (χ2n) is 4.07. The number of phenols is 1. The van der Waals surface area contributed by atoms with Crippen molar-refractivity contribution >= 4 is 5.97 Å². The third kappa shape index (κ3) is 3.72. The minimum atomic E-state index is -1.23. The molecule has 5 heteroatoms. The quantitative estimate of drug-likeness (QED) is 0.684. The number of aliphatic hydroxyl groups is 2. The van der Waals surface area contributed by atoms with Gasteiger partial charge in [0.2, 0.25) is 0 Å². The predicted octanol–water partition coefficient (Wildman–Crippen LogP) is 1.05. The van der Waals surface area contributed by atoms with Gasteiger partial charge in [-0.3, -0.25) is 4.79 Å². The number of aliphatic hydroxyl groups excluding tert-OH is 2. The number of ether oxygens (including phenoxy) is 1. The molecule has 0 heterocycles. The molecule has 0 spiro atoms. The van der Waals surface area contributed by atoms with Gasteiger partial charge < -0.3 is 20.1 Å². The van der Waals surface area contributed by atoms with Crippen LogP contribution in [0.15, 0.2) is 18.2 Å². The molecule has 1 rings (SSSR count). The Hall–Kier alpha value is -1.59. The first kappa shape index (κ1) is 14.5. The van der Waals surface area contributed by atoms with Gasteiger partial charge in [0.1, 0.15) is 11.9 Å². The van der Waals surface area contributed by atoms with E-state index in [0.717, 1.165) is 0 Å². The molecular formula is C13H18O5. The third-order valence-corrected chi connectivity index (χ3v) is 2.61. The molecule has 1 aromatic rings. The van der Waals surface area contributed by atoms with E-state index in [-0.39, 0.29) is 18.8 Å². The van der Waals surface area contributed by atoms with Crippen molar-refractivity contribution in [3.05, 3.63) is 29.3 Å². The first-order valence-corrected chi connectivity index (χ1v) is 5.77. The number of aryl methyl sites for hydroxylation is 1. The minimum absolute atomic E-state index is 0.117. The maximum Gasteiger partial charge on any atom is 0.308 e. The molecule has 100 valence electrons. The SMILES string of the molecule is CCOC(=O)CC(O)C(O)c1ccc(O)c(C)c1. The van der Waals surface area contributed by atoms with Gasteiger partial charge in [0.25, 0.3) is 0 Å². The van der Waals surface area contributed by atoms with Gasteiger partial charge in [-0.1, -0.05) is 6.07 Å². The number of rotatable bonds is 5. The highest BCUT2D eigenvalue weighted by molar-refractivity contribution is 5.70. The number of esters is 1. The smallest absolute Gasteiger partial charge is 0.308 e. The van der Waals surface area contributed by atoms with E-state index in [1.54, 1.807) is 19.9 Å². The van der Waals surface area contributed by atoms with E-state index in [1.165, 1.54) is 12.1 Å². The molecule has 0 fully saturated rings. The Morgan fingerprint density at radius 1 is 1.39 bits per heavy atom. The van der Waals surface area contributed by atoms with E-state index in [2.05, 4.69) is 0 Å². The molecule has 1 aromatic carbocycles. The van der Waals surface area contributed by atoms with Gasteiger partial charge in [-0.25, -0.2) is 0 Å². The summed E-state index contributed by atoms with van der Waals surface area (Å²) >= 11 is 0. The molecule has 3 N–H and O–H groups in total. The van der Waals surface area contributed by atoms with Crippen molar-refractivity contribution in [2.45, 2.75) is 32.5 Å². The lowest BCUT2D eigenvalue weighted by Crippen LogP contribution is -2.23. The molecule has 0 aliphatic rings. The van der Waals surface area contributed by atoms with Gasteiger partial charge >= 0.3 is 5.97 Å². The standard InChI is InChI=1S/C13H18O5/c1-3-18-12(16)7-11(15)13(17)9-4-5-10(14)8(2)6-9/h4-6,11,13-15,17H,3,7H2,1-2H3. The van der Waals surface area contributed by atoms with Crippen LogP contribution in [0.2, 0.25) is 0 Å². The summed E-state index contributed by atoms with van der Waals surface area (Å²) in [6, 6.07) is 4.50. The predicted molar refractivity (Wildman–Crippen MR) is 65.1 cm³/mol. The van der Waals surface area contributed by atoms with Crippen molar-refractivity contribution in [3.8, 4) is 5.75 Å². The molecule has 2 atom stereocenters. The van der Waals surface area contributed by atoms with Crippen LogP contribution < -0.4 is 0 Å². The molecule has 18 heavy (non-hydrogen) atoms. The number of hydrogen-bond acceptors (Lipinski definition) is 5. The first-order chi connectivity index (χ1) is 8.45. The normalized spacial score (nSPS) is 14.0. The number of carbonyl (C=O) groups excluding carboxylic acids is 1. The number of carbonyl (C=O) groups is 1. The van der Waals surface area contributed by atoms with E-state index in [4.69, 9.17) is 4.74 Å². The van der Waals surface area contributed by atoms with Gasteiger partial charge in [0.15, 0.2) is 0 Å². The van der Waals surface area contributed by atoms with Crippen LogP contribution in [0, 0.1) is 6.92 Å². The summed E-state index contributed by atoms with van der Waals surface area (Å²) in [4.78, 5) is 11.2. The molecular weight excluding hydrogens is 236 g/mol. The molecule has 0 radical (unpaired) electrons. The van der Waals surface area contributed by atoms with Crippen molar-refractivity contribution < 1.29 is 24.9 Å². The summed E-state index contributed by atoms with van der Waals surface area (Å²) in [7, 11) is 0. The van der Waals surface area contributed by atoms with Crippen molar-refractivity contribution in [1.82, 2.24) is 0 Å². The van der Waals surface area contributed by atoms with Gasteiger partial charge in [-0.2, -0.15) is 0 Å². The van der Waals surface area contributed by atoms with Crippen LogP contribution in [0.4, 0.5) is 0 Å². The fourth-order valence-corrected chi connectivity index (χ4v) is 1.59. The maximum absolute atomic E-state index is 11.2. The summed E-state index contributed by atoms with van der Waals surface area (Å²) in [5.74, 6) is -0.439. The molecule has 0 bridgehead atoms. The Bertz CT molecular complexity index is 416. The molecule has 0 amide bonds. The van der Waals surface area contributed by atoms with Crippen molar-refractivity contribution in [1.29, 1.82) is 0 Å². The Labute approximate surface area is 106 Å². The summed E-state index contributed by atoms with van der Waals surface area (Å²) in [5.41, 5.74) is 1.04. The highest BCUT2D eigenvalue weighted by atomic mass is 16.5. The largest absolute Gasteiger partial charge is 0.508 e. The Kier molecular flexibility index (Phi) is 5.12. The van der Waals surface area contributed by atoms with Gasteiger partial charge in [-0.05, 0) is 37.1 Å². The van der Waals surface area contributed by atoms with Crippen molar-refractivity contribution in [3.63, 3.8) is 0 Å². The topological polar surface area (TPSA) is 87.0 Å². The number of aromatic hydroxyl groups is 1. The first-order valence-electron chi connectivity index (χ1n) is 5.77. The lowest BCUT2D eigenvalue weighted by atomic mass is 10.00. The minimum Gasteiger partial charge on any atom is -0.508 e. The van der Waals surface area contributed by atoms with E-state index in [1.807, 2.05) is 0 Å². The average molecular weight is 254 g/mol. The highest BCUT2D eigenvalue weighted by Gasteiger charge is 2.22. The fraction of sp³-hybridized carbons (Fsp3) is 0.462. The summed E-state index contributed by atoms with van der Waals surface area (Å²) in [6.07, 6.45) is -2.68. The zero-order valence-corrected chi connectivity index (χ0v) is 10.5. The lowest BCUT2D eigenvalue weighted by Gasteiger charge is -2.18. The summed E-state index contributed by atoms with van der Waals surface area (Å²) in [5, 5.41) is 29.0. The van der Waals surface area contributed by atoms with Crippen molar-refractivity contribution in [2.24, 2.45) is 0 Å². The summed E-state index contributed by atoms with van der Waals surface area (Å²) < 4.78 is 4.69. The third-order valence-electron chi connectivity index (χ3n) is 2.61. The molecule has 0 aliphatic carbocycles. The van der Waals surface area contributed by atoms with Crippen LogP contribution in [0.1, 0.15) is 30.6 Å². The van der Waals surface area contributed by atoms with E-state index < -0.39 is 18.2 Å². The maximum atomic E-state index is 11.2. The van der Waals surface area contributed by atoms with Crippen LogP contribution in [-0.2, 0) is 9.53 Å². The van der Waals surface area contributed by atoms with Gasteiger partial charge in [-0.15, -0.1) is 0 Å². The second-order valence-corrected chi connectivity index (χ2v) is 4.07. The molecule has 0 aliphatic heterocycles. The second kappa shape index (κ2) is 6.37. The van der Waals surface area contributed by atoms with Crippen LogP contribution in [-0.4, -0.2) is 34.0 Å².